The number of carbonyl (C=O) groups is 1. The zero-order valence-electron chi connectivity index (χ0n) is 8.79. The van der Waals surface area contributed by atoms with Gasteiger partial charge in [-0.05, 0) is 30.3 Å². The summed E-state index contributed by atoms with van der Waals surface area (Å²) in [7, 11) is 0. The zero-order chi connectivity index (χ0) is 12.3. The minimum Gasteiger partial charge on any atom is -0.478 e. The predicted octanol–water partition coefficient (Wildman–Crippen LogP) is 1.50. The smallest absolute Gasteiger partial charge is 0.335 e. The van der Waals surface area contributed by atoms with Gasteiger partial charge in [-0.1, -0.05) is 0 Å². The molecule has 0 fully saturated rings. The van der Waals surface area contributed by atoms with Gasteiger partial charge in [-0.3, -0.25) is 0 Å². The van der Waals surface area contributed by atoms with Crippen molar-refractivity contribution in [2.75, 3.05) is 11.1 Å². The van der Waals surface area contributed by atoms with Crippen molar-refractivity contribution in [3.05, 3.63) is 42.1 Å². The van der Waals surface area contributed by atoms with Crippen molar-refractivity contribution >= 4 is 23.4 Å². The van der Waals surface area contributed by atoms with E-state index < -0.39 is 5.97 Å². The van der Waals surface area contributed by atoms with Crippen molar-refractivity contribution < 1.29 is 9.90 Å². The minimum absolute atomic E-state index is 0.178. The fraction of sp³-hybridized carbons (Fsp3) is 0. The number of hydrogen-bond acceptors (Lipinski definition) is 5. The van der Waals surface area contributed by atoms with Gasteiger partial charge in [0.15, 0.2) is 0 Å². The fourth-order valence-corrected chi connectivity index (χ4v) is 1.29. The van der Waals surface area contributed by atoms with Gasteiger partial charge in [-0.2, -0.15) is 4.98 Å². The van der Waals surface area contributed by atoms with Crippen molar-refractivity contribution in [3.63, 3.8) is 0 Å². The van der Waals surface area contributed by atoms with Gasteiger partial charge >= 0.3 is 5.97 Å². The Bertz CT molecular complexity index is 539. The molecule has 1 aromatic carbocycles. The molecule has 0 saturated carbocycles. The van der Waals surface area contributed by atoms with Crippen LogP contribution in [0.5, 0.6) is 0 Å². The van der Waals surface area contributed by atoms with Gasteiger partial charge in [-0.15, -0.1) is 0 Å². The van der Waals surface area contributed by atoms with Crippen LogP contribution in [0.15, 0.2) is 36.5 Å². The number of nitrogens with two attached hydrogens (primary N) is 1. The summed E-state index contributed by atoms with van der Waals surface area (Å²) in [5.41, 5.74) is 6.40. The lowest BCUT2D eigenvalue weighted by Gasteiger charge is -2.05. The maximum Gasteiger partial charge on any atom is 0.335 e. The lowest BCUT2D eigenvalue weighted by atomic mass is 10.2. The second-order valence-corrected chi connectivity index (χ2v) is 3.31. The highest BCUT2D eigenvalue weighted by Crippen LogP contribution is 2.15. The number of hydrogen-bond donors (Lipinski definition) is 3. The maximum absolute atomic E-state index is 10.7. The fourth-order valence-electron chi connectivity index (χ4n) is 1.29. The van der Waals surface area contributed by atoms with Crippen LogP contribution in [-0.2, 0) is 0 Å². The summed E-state index contributed by atoms with van der Waals surface area (Å²) in [5, 5.41) is 11.7. The van der Waals surface area contributed by atoms with E-state index in [4.69, 9.17) is 10.8 Å². The molecule has 0 aliphatic rings. The van der Waals surface area contributed by atoms with Gasteiger partial charge in [-0.25, -0.2) is 9.78 Å². The Morgan fingerprint density at radius 2 is 1.94 bits per heavy atom. The van der Waals surface area contributed by atoms with Crippen molar-refractivity contribution in [2.45, 2.75) is 0 Å². The Hall–Kier alpha value is -2.63. The Morgan fingerprint density at radius 1 is 1.24 bits per heavy atom. The molecule has 2 rings (SSSR count). The average molecular weight is 230 g/mol. The molecule has 17 heavy (non-hydrogen) atoms. The number of aromatic carboxylic acids is 1. The van der Waals surface area contributed by atoms with E-state index in [1.165, 1.54) is 18.3 Å². The molecule has 0 aliphatic carbocycles. The van der Waals surface area contributed by atoms with Gasteiger partial charge in [0.1, 0.15) is 5.82 Å². The SMILES string of the molecule is Nc1nccc(Nc2ccc(C(=O)O)cc2)n1. The maximum atomic E-state index is 10.7. The van der Waals surface area contributed by atoms with E-state index in [9.17, 15) is 4.79 Å². The zero-order valence-corrected chi connectivity index (χ0v) is 8.79. The summed E-state index contributed by atoms with van der Waals surface area (Å²) < 4.78 is 0. The molecular formula is C11H10N4O2. The second-order valence-electron chi connectivity index (χ2n) is 3.31. The number of nitrogens with one attached hydrogen (secondary N) is 1. The molecule has 0 aliphatic heterocycles. The largest absolute Gasteiger partial charge is 0.478 e. The molecule has 1 heterocycles. The van der Waals surface area contributed by atoms with E-state index in [0.29, 0.717) is 5.82 Å². The average Bonchev–Trinajstić information content (AvgIpc) is 2.29. The Balaban J connectivity index is 2.16. The van der Waals surface area contributed by atoms with Crippen LogP contribution in [0.25, 0.3) is 0 Å². The van der Waals surface area contributed by atoms with E-state index in [-0.39, 0.29) is 11.5 Å². The first kappa shape index (κ1) is 10.9. The lowest BCUT2D eigenvalue weighted by Crippen LogP contribution is -2.00. The second kappa shape index (κ2) is 4.48. The van der Waals surface area contributed by atoms with Crippen LogP contribution in [0.4, 0.5) is 17.5 Å². The lowest BCUT2D eigenvalue weighted by molar-refractivity contribution is 0.0697. The first-order chi connectivity index (χ1) is 8.15. The molecular weight excluding hydrogens is 220 g/mol. The predicted molar refractivity (Wildman–Crippen MR) is 63.1 cm³/mol. The summed E-state index contributed by atoms with van der Waals surface area (Å²) in [6, 6.07) is 8.00. The summed E-state index contributed by atoms with van der Waals surface area (Å²) >= 11 is 0. The molecule has 0 unspecified atom stereocenters. The van der Waals surface area contributed by atoms with Crippen molar-refractivity contribution in [3.8, 4) is 0 Å². The van der Waals surface area contributed by atoms with E-state index in [0.717, 1.165) is 5.69 Å². The third-order valence-corrected chi connectivity index (χ3v) is 2.08. The molecule has 0 saturated heterocycles. The quantitative estimate of drug-likeness (QED) is 0.738. The minimum atomic E-state index is -0.956. The number of benzene rings is 1. The topological polar surface area (TPSA) is 101 Å². The number of carboxylic acid groups (broad SMARTS) is 1. The summed E-state index contributed by atoms with van der Waals surface area (Å²) in [6.45, 7) is 0. The van der Waals surface area contributed by atoms with Gasteiger partial charge in [0.2, 0.25) is 5.95 Å². The monoisotopic (exact) mass is 230 g/mol. The van der Waals surface area contributed by atoms with Gasteiger partial charge in [0.25, 0.3) is 0 Å². The van der Waals surface area contributed by atoms with Gasteiger partial charge < -0.3 is 16.2 Å². The standard InChI is InChI=1S/C11H10N4O2/c12-11-13-6-5-9(15-11)14-8-3-1-7(2-4-8)10(16)17/h1-6H,(H,16,17)(H3,12,13,14,15). The van der Waals surface area contributed by atoms with Crippen LogP contribution in [0.2, 0.25) is 0 Å². The molecule has 0 bridgehead atoms. The first-order valence-electron chi connectivity index (χ1n) is 4.84. The van der Waals surface area contributed by atoms with Crippen LogP contribution in [0, 0.1) is 0 Å². The summed E-state index contributed by atoms with van der Waals surface area (Å²) in [6.07, 6.45) is 1.54. The molecule has 6 heteroatoms. The Kier molecular flexibility index (Phi) is 2.87. The number of rotatable bonds is 3. The number of nitrogens with zero attached hydrogens (tertiary/aromatic N) is 2. The molecule has 0 atom stereocenters. The van der Waals surface area contributed by atoms with Crippen LogP contribution in [-0.4, -0.2) is 21.0 Å². The Morgan fingerprint density at radius 3 is 2.53 bits per heavy atom. The molecule has 6 nitrogen and oxygen atoms in total. The molecule has 0 radical (unpaired) electrons. The summed E-state index contributed by atoms with van der Waals surface area (Å²) in [5.74, 6) is -0.222. The van der Waals surface area contributed by atoms with Crippen molar-refractivity contribution in [1.29, 1.82) is 0 Å². The van der Waals surface area contributed by atoms with Gasteiger partial charge in [0, 0.05) is 11.9 Å². The number of nitrogen functional groups attached to an aromatic ring is 1. The molecule has 4 N–H and O–H groups in total. The molecule has 1 aromatic heterocycles. The van der Waals surface area contributed by atoms with E-state index >= 15 is 0 Å². The highest BCUT2D eigenvalue weighted by molar-refractivity contribution is 5.88. The summed E-state index contributed by atoms with van der Waals surface area (Å²) in [4.78, 5) is 18.4. The first-order valence-corrected chi connectivity index (χ1v) is 4.84. The van der Waals surface area contributed by atoms with Crippen LogP contribution < -0.4 is 11.1 Å². The normalized spacial score (nSPS) is 9.88. The molecule has 2 aromatic rings. The van der Waals surface area contributed by atoms with Gasteiger partial charge in [0.05, 0.1) is 5.56 Å². The van der Waals surface area contributed by atoms with Crippen LogP contribution in [0.1, 0.15) is 10.4 Å². The number of carboxylic acids is 1. The van der Waals surface area contributed by atoms with Crippen molar-refractivity contribution in [1.82, 2.24) is 9.97 Å². The molecule has 0 amide bonds. The number of aromatic nitrogens is 2. The highest BCUT2D eigenvalue weighted by atomic mass is 16.4. The Labute approximate surface area is 97.1 Å². The van der Waals surface area contributed by atoms with E-state index in [2.05, 4.69) is 15.3 Å². The highest BCUT2D eigenvalue weighted by Gasteiger charge is 2.02. The third kappa shape index (κ3) is 2.69. The van der Waals surface area contributed by atoms with Crippen molar-refractivity contribution in [2.24, 2.45) is 0 Å². The molecule has 0 spiro atoms. The van der Waals surface area contributed by atoms with Crippen LogP contribution >= 0.6 is 0 Å². The van der Waals surface area contributed by atoms with Crippen LogP contribution in [0.3, 0.4) is 0 Å². The van der Waals surface area contributed by atoms with E-state index in [1.807, 2.05) is 0 Å². The third-order valence-electron chi connectivity index (χ3n) is 2.08. The van der Waals surface area contributed by atoms with E-state index in [1.54, 1.807) is 18.2 Å². The molecule has 86 valence electrons. The number of anilines is 3.